The molecular weight excluding hydrogens is 1380 g/mol. The molecule has 0 saturated heterocycles. The molecule has 104 heavy (non-hydrogen) atoms. The van der Waals surface area contributed by atoms with Gasteiger partial charge in [-0.25, -0.2) is 27.0 Å². The lowest BCUT2D eigenvalue weighted by atomic mass is 9.85. The van der Waals surface area contributed by atoms with Crippen molar-refractivity contribution in [2.75, 3.05) is 0 Å². The highest BCUT2D eigenvalue weighted by Crippen LogP contribution is 2.42. The van der Waals surface area contributed by atoms with Crippen LogP contribution in [0.1, 0.15) is 144 Å². The van der Waals surface area contributed by atoms with Gasteiger partial charge in [0.1, 0.15) is 68.0 Å². The number of nitrogens with zero attached hydrogens (tertiary/aromatic N) is 8. The van der Waals surface area contributed by atoms with E-state index >= 15 is 0 Å². The monoisotopic (exact) mass is 1480 g/mol. The number of aryl methyl sites for hydroxylation is 10. The Balaban J connectivity index is 0.000000161. The molecule has 4 aromatic carbocycles. The molecule has 544 valence electrons. The molecule has 0 amide bonds. The van der Waals surface area contributed by atoms with E-state index in [2.05, 4.69) is 241 Å². The molecule has 0 spiro atoms. The Kier molecular flexibility index (Phi) is 23.8. The van der Waals surface area contributed by atoms with Crippen molar-refractivity contribution in [1.82, 2.24) is 0 Å². The molecule has 0 fully saturated rings. The van der Waals surface area contributed by atoms with Gasteiger partial charge in [0, 0.05) is 59.7 Å². The number of rotatable bonds is 8. The standard InChI is InChI=1S/C23H30N2S.C22H25F3N2S.C21H24F2N2S.C21H26N2S/c1-15-13-16(2)21(22-25(8)11-12-26-22)17(3)20(15)19-14-18(23(4,5)6)9-10-24(19)7;1-14-17(19-13-15(21(2,3)4)7-8-26(19)5)11-16(22(23,24)25)12-18(14)20-27(6)9-10-28-20;1-13-18(17-11-14(21(2,3)4)7-8-24(17)5)15(22)12-16(23)19(13)20-25(6)9-10-26-20;1-15-17(8-7-9-18(15)20-22(5)12-13-24-20)19-11-10-16(14-23(19)6)21(2,3)4/h9-14H,1-8H3;7-13H,1-6H3;7-12H,1-6H3;7-14H,1-6H3/q4*+2. The molecule has 12 rings (SSSR count). The Labute approximate surface area is 630 Å². The predicted molar refractivity (Wildman–Crippen MR) is 418 cm³/mol. The first-order valence-electron chi connectivity index (χ1n) is 35.1. The van der Waals surface area contributed by atoms with Gasteiger partial charge < -0.3 is 0 Å². The largest absolute Gasteiger partial charge is 0.416 e. The highest BCUT2D eigenvalue weighted by atomic mass is 32.1. The van der Waals surface area contributed by atoms with Crippen molar-refractivity contribution in [2.45, 2.75) is 152 Å². The second-order valence-electron chi connectivity index (χ2n) is 31.7. The predicted octanol–water partition coefficient (Wildman–Crippen LogP) is 19.3. The first-order chi connectivity index (χ1) is 48.4. The van der Waals surface area contributed by atoms with E-state index in [1.807, 2.05) is 125 Å². The summed E-state index contributed by atoms with van der Waals surface area (Å²) in [4.78, 5) is 0. The van der Waals surface area contributed by atoms with Crippen LogP contribution < -0.4 is 36.5 Å². The Morgan fingerprint density at radius 1 is 0.288 bits per heavy atom. The third-order valence-electron chi connectivity index (χ3n) is 19.7. The van der Waals surface area contributed by atoms with Gasteiger partial charge in [0.05, 0.1) is 66.0 Å². The van der Waals surface area contributed by atoms with Gasteiger partial charge in [-0.3, -0.25) is 0 Å². The molecule has 8 aromatic heterocycles. The summed E-state index contributed by atoms with van der Waals surface area (Å²) in [6.07, 6.45) is 11.9. The minimum atomic E-state index is -4.41. The summed E-state index contributed by atoms with van der Waals surface area (Å²) in [6.45, 7) is 38.9. The summed E-state index contributed by atoms with van der Waals surface area (Å²) < 4.78 is 87.0. The molecule has 17 heteroatoms. The third kappa shape index (κ3) is 17.3. The zero-order chi connectivity index (χ0) is 76.8. The summed E-state index contributed by atoms with van der Waals surface area (Å²) in [6, 6.07) is 29.6. The van der Waals surface area contributed by atoms with Gasteiger partial charge in [-0.15, -0.1) is 0 Å². The molecule has 0 atom stereocenters. The van der Waals surface area contributed by atoms with Crippen molar-refractivity contribution in [3.05, 3.63) is 235 Å². The fraction of sp³-hybridized carbons (Fsp3) is 0.356. The fourth-order valence-electron chi connectivity index (χ4n) is 13.3. The highest BCUT2D eigenvalue weighted by Gasteiger charge is 2.36. The molecule has 0 saturated carbocycles. The van der Waals surface area contributed by atoms with E-state index in [0.29, 0.717) is 27.8 Å². The molecule has 0 bridgehead atoms. The fourth-order valence-corrected chi connectivity index (χ4v) is 17.2. The number of hydrogen-bond acceptors (Lipinski definition) is 4. The van der Waals surface area contributed by atoms with Gasteiger partial charge in [0.25, 0.3) is 20.0 Å². The summed E-state index contributed by atoms with van der Waals surface area (Å²) in [7, 11) is 16.0. The van der Waals surface area contributed by atoms with Crippen LogP contribution in [0.25, 0.3) is 87.3 Å². The minimum Gasteiger partial charge on any atom is -0.206 e. The molecule has 0 N–H and O–H groups in total. The molecular formula is C87H105F5N8S4+8. The third-order valence-corrected chi connectivity index (χ3v) is 23.6. The quantitative estimate of drug-likeness (QED) is 0.107. The summed E-state index contributed by atoms with van der Waals surface area (Å²) in [5.74, 6) is -1.07. The van der Waals surface area contributed by atoms with Crippen LogP contribution in [-0.4, -0.2) is 0 Å². The minimum absolute atomic E-state index is 0.0591. The number of aromatic nitrogens is 8. The maximum absolute atomic E-state index is 14.9. The molecule has 0 aliphatic carbocycles. The van der Waals surface area contributed by atoms with Gasteiger partial charge in [0.2, 0.25) is 22.8 Å². The molecule has 0 aliphatic rings. The van der Waals surface area contributed by atoms with Crippen molar-refractivity contribution in [2.24, 2.45) is 56.4 Å². The summed E-state index contributed by atoms with van der Waals surface area (Å²) in [5.41, 5.74) is 22.8. The molecule has 0 radical (unpaired) electrons. The molecule has 8 nitrogen and oxygen atoms in total. The normalized spacial score (nSPS) is 12.0. The van der Waals surface area contributed by atoms with Crippen molar-refractivity contribution < 1.29 is 58.5 Å². The lowest BCUT2D eigenvalue weighted by Gasteiger charge is -2.20. The first kappa shape index (κ1) is 79.8. The van der Waals surface area contributed by atoms with E-state index in [9.17, 15) is 22.0 Å². The summed E-state index contributed by atoms with van der Waals surface area (Å²) >= 11 is 6.48. The van der Waals surface area contributed by atoms with E-state index in [1.165, 1.54) is 112 Å². The zero-order valence-corrected chi connectivity index (χ0v) is 69.0. The molecule has 12 aromatic rings. The van der Waals surface area contributed by atoms with Crippen LogP contribution in [-0.2, 0) is 84.2 Å². The van der Waals surface area contributed by atoms with Crippen LogP contribution in [0.2, 0.25) is 0 Å². The number of halogens is 5. The first-order valence-corrected chi connectivity index (χ1v) is 38.6. The average Bonchev–Trinajstić information content (AvgIpc) is 1.11. The summed E-state index contributed by atoms with van der Waals surface area (Å²) in [5, 5.41) is 12.3. The van der Waals surface area contributed by atoms with Crippen LogP contribution in [0, 0.1) is 53.2 Å². The topological polar surface area (TPSA) is 31.0 Å². The Morgan fingerprint density at radius 3 is 1.11 bits per heavy atom. The second kappa shape index (κ2) is 31.0. The Morgan fingerprint density at radius 2 is 0.663 bits per heavy atom. The van der Waals surface area contributed by atoms with E-state index in [4.69, 9.17) is 0 Å². The highest BCUT2D eigenvalue weighted by molar-refractivity contribution is 7.13. The van der Waals surface area contributed by atoms with E-state index < -0.39 is 23.4 Å². The van der Waals surface area contributed by atoms with Gasteiger partial charge in [-0.05, 0) is 144 Å². The van der Waals surface area contributed by atoms with Crippen LogP contribution in [0.5, 0.6) is 0 Å². The number of pyridine rings is 4. The van der Waals surface area contributed by atoms with Crippen LogP contribution in [0.4, 0.5) is 22.0 Å². The molecule has 0 unspecified atom stereocenters. The van der Waals surface area contributed by atoms with Crippen molar-refractivity contribution in [3.8, 4) is 87.3 Å². The molecule has 8 heterocycles. The second-order valence-corrected chi connectivity index (χ2v) is 35.3. The van der Waals surface area contributed by atoms with E-state index in [0.717, 1.165) is 44.2 Å². The van der Waals surface area contributed by atoms with Crippen LogP contribution in [0.15, 0.2) is 162 Å². The van der Waals surface area contributed by atoms with Gasteiger partial charge >= 0.3 is 6.18 Å². The van der Waals surface area contributed by atoms with Gasteiger partial charge in [-0.2, -0.15) is 31.4 Å². The average molecular weight is 1490 g/mol. The molecule has 0 aliphatic heterocycles. The van der Waals surface area contributed by atoms with Crippen molar-refractivity contribution in [1.29, 1.82) is 0 Å². The Bertz CT molecular complexity index is 4990. The van der Waals surface area contributed by atoms with E-state index in [1.54, 1.807) is 18.3 Å². The smallest absolute Gasteiger partial charge is 0.206 e. The van der Waals surface area contributed by atoms with E-state index in [-0.39, 0.29) is 21.7 Å². The Hall–Kier alpha value is -8.35. The van der Waals surface area contributed by atoms with Crippen molar-refractivity contribution >= 4 is 45.3 Å². The maximum atomic E-state index is 14.9. The number of alkyl halides is 3. The van der Waals surface area contributed by atoms with Crippen molar-refractivity contribution in [3.63, 3.8) is 0 Å². The van der Waals surface area contributed by atoms with Crippen LogP contribution >= 0.6 is 45.3 Å². The van der Waals surface area contributed by atoms with Gasteiger partial charge in [-0.1, -0.05) is 141 Å². The van der Waals surface area contributed by atoms with Crippen LogP contribution in [0.3, 0.4) is 0 Å². The number of hydrogen-bond donors (Lipinski definition) is 0. The zero-order valence-electron chi connectivity index (χ0n) is 65.7. The lowest BCUT2D eigenvalue weighted by Crippen LogP contribution is -2.33. The number of benzene rings is 4. The SMILES string of the molecule is Cc1c(-c2cc(C(C)(C)C)cc[n+]2C)c(F)cc(F)c1-c1scc[n+]1C.Cc1c(-c2cc(C(C)(C)C)cc[n+]2C)cc(C(F)(F)F)cc1-c1scc[n+]1C.Cc1c(-c2ccc(C(C)(C)C)c[n+]2C)cccc1-c1scc[n+]1C.Cc1cc(C)c(-c2scc[n+]2C)c(C)c1-c1cc(C(C)(C)C)cc[n+]1C. The maximum Gasteiger partial charge on any atom is 0.416 e. The number of thiazole rings is 4. The lowest BCUT2D eigenvalue weighted by molar-refractivity contribution is -0.661. The van der Waals surface area contributed by atoms with Gasteiger partial charge in [0.15, 0.2) is 49.6 Å².